The molecule has 1 aliphatic carbocycles. The first-order chi connectivity index (χ1) is 10.6. The fourth-order valence-electron chi connectivity index (χ4n) is 4.48. The molecule has 3 fully saturated rings. The van der Waals surface area contributed by atoms with E-state index in [1.54, 1.807) is 6.92 Å². The molecule has 5 heteroatoms. The number of rotatable bonds is 2. The fraction of sp³-hybridized carbons (Fsp3) is 0.882. The Bertz CT molecular complexity index is 433. The van der Waals surface area contributed by atoms with Crippen molar-refractivity contribution in [3.8, 4) is 0 Å². The van der Waals surface area contributed by atoms with E-state index in [0.29, 0.717) is 17.4 Å². The zero-order valence-corrected chi connectivity index (χ0v) is 13.8. The summed E-state index contributed by atoms with van der Waals surface area (Å²) in [6, 6.07) is 0. The molecule has 0 N–H and O–H groups in total. The van der Waals surface area contributed by atoms with E-state index >= 15 is 0 Å². The van der Waals surface area contributed by atoms with Crippen molar-refractivity contribution in [3.05, 3.63) is 0 Å². The average Bonchev–Trinajstić information content (AvgIpc) is 2.54. The van der Waals surface area contributed by atoms with Gasteiger partial charge in [-0.25, -0.2) is 0 Å². The first-order valence-corrected chi connectivity index (χ1v) is 8.63. The lowest BCUT2D eigenvalue weighted by molar-refractivity contribution is -0.150. The molecule has 0 radical (unpaired) electrons. The van der Waals surface area contributed by atoms with Gasteiger partial charge in [-0.15, -0.1) is 0 Å². The van der Waals surface area contributed by atoms with Crippen molar-refractivity contribution < 1.29 is 14.3 Å². The molecule has 1 spiro atoms. The quantitative estimate of drug-likeness (QED) is 0.779. The number of carbonyl (C=O) groups is 2. The Kier molecular flexibility index (Phi) is 4.44. The number of hydrogen-bond donors (Lipinski definition) is 0. The predicted molar refractivity (Wildman–Crippen MR) is 83.3 cm³/mol. The van der Waals surface area contributed by atoms with Crippen LogP contribution in [0.3, 0.4) is 0 Å². The molecular weight excluding hydrogens is 280 g/mol. The zero-order valence-electron chi connectivity index (χ0n) is 13.8. The molecule has 1 atom stereocenters. The maximum Gasteiger partial charge on any atom is 0.225 e. The van der Waals surface area contributed by atoms with Gasteiger partial charge in [0, 0.05) is 51.5 Å². The van der Waals surface area contributed by atoms with Crippen molar-refractivity contribution in [1.29, 1.82) is 0 Å². The lowest BCUT2D eigenvalue weighted by Gasteiger charge is -2.53. The average molecular weight is 308 g/mol. The van der Waals surface area contributed by atoms with Gasteiger partial charge in [-0.2, -0.15) is 0 Å². The number of ether oxygens (including phenoxy) is 1. The summed E-state index contributed by atoms with van der Waals surface area (Å²) >= 11 is 0. The Morgan fingerprint density at radius 3 is 2.05 bits per heavy atom. The number of nitrogens with zero attached hydrogens (tertiary/aromatic N) is 2. The first-order valence-electron chi connectivity index (χ1n) is 8.63. The number of amides is 2. The lowest BCUT2D eigenvalue weighted by atomic mass is 9.60. The van der Waals surface area contributed by atoms with Crippen LogP contribution >= 0.6 is 0 Å². The molecule has 2 saturated heterocycles. The highest BCUT2D eigenvalue weighted by atomic mass is 16.5. The minimum Gasteiger partial charge on any atom is -0.381 e. The molecule has 1 saturated carbocycles. The summed E-state index contributed by atoms with van der Waals surface area (Å²) in [6.45, 7) is 4.83. The molecule has 2 amide bonds. The minimum atomic E-state index is 0.115. The van der Waals surface area contributed by atoms with Gasteiger partial charge in [0.25, 0.3) is 0 Å². The van der Waals surface area contributed by atoms with Crippen LogP contribution in [0.25, 0.3) is 0 Å². The lowest BCUT2D eigenvalue weighted by Crippen LogP contribution is -2.55. The van der Waals surface area contributed by atoms with Gasteiger partial charge in [0.2, 0.25) is 11.8 Å². The van der Waals surface area contributed by atoms with E-state index in [4.69, 9.17) is 4.74 Å². The number of likely N-dealkylation sites (tertiary alicyclic amines) is 2. The number of methoxy groups -OCH3 is 1. The molecular formula is C17H28N2O3. The third-order valence-corrected chi connectivity index (χ3v) is 6.23. The van der Waals surface area contributed by atoms with Crippen molar-refractivity contribution >= 4 is 11.8 Å². The molecule has 2 aliphatic heterocycles. The monoisotopic (exact) mass is 308 g/mol. The predicted octanol–water partition coefficient (Wildman–Crippen LogP) is 1.66. The minimum absolute atomic E-state index is 0.115. The molecule has 0 aromatic rings. The topological polar surface area (TPSA) is 49.9 Å². The van der Waals surface area contributed by atoms with Gasteiger partial charge in [-0.3, -0.25) is 9.59 Å². The van der Waals surface area contributed by atoms with Crippen LogP contribution in [0, 0.1) is 11.3 Å². The zero-order chi connectivity index (χ0) is 15.7. The van der Waals surface area contributed by atoms with Crippen molar-refractivity contribution in [2.75, 3.05) is 33.3 Å². The Morgan fingerprint density at radius 2 is 1.59 bits per heavy atom. The van der Waals surface area contributed by atoms with Gasteiger partial charge < -0.3 is 14.5 Å². The summed E-state index contributed by atoms with van der Waals surface area (Å²) in [6.07, 6.45) is 6.65. The van der Waals surface area contributed by atoms with E-state index in [2.05, 4.69) is 4.90 Å². The molecule has 2 heterocycles. The van der Waals surface area contributed by atoms with Gasteiger partial charge in [0.1, 0.15) is 0 Å². The molecule has 5 nitrogen and oxygen atoms in total. The van der Waals surface area contributed by atoms with E-state index in [-0.39, 0.29) is 11.8 Å². The smallest absolute Gasteiger partial charge is 0.225 e. The Morgan fingerprint density at radius 1 is 0.955 bits per heavy atom. The third kappa shape index (κ3) is 2.75. The summed E-state index contributed by atoms with van der Waals surface area (Å²) in [7, 11) is 1.81. The van der Waals surface area contributed by atoms with Gasteiger partial charge >= 0.3 is 0 Å². The first kappa shape index (κ1) is 15.8. The van der Waals surface area contributed by atoms with Crippen LogP contribution in [0.1, 0.15) is 45.4 Å². The van der Waals surface area contributed by atoms with Crippen LogP contribution < -0.4 is 0 Å². The van der Waals surface area contributed by atoms with Crippen LogP contribution in [-0.2, 0) is 14.3 Å². The van der Waals surface area contributed by atoms with E-state index in [0.717, 1.165) is 51.9 Å². The second kappa shape index (κ2) is 6.19. The molecule has 22 heavy (non-hydrogen) atoms. The van der Waals surface area contributed by atoms with Crippen LogP contribution in [0.2, 0.25) is 0 Å². The van der Waals surface area contributed by atoms with Gasteiger partial charge in [0.05, 0.1) is 6.10 Å². The maximum absolute atomic E-state index is 12.7. The molecule has 1 unspecified atom stereocenters. The van der Waals surface area contributed by atoms with E-state index in [1.165, 1.54) is 12.8 Å². The summed E-state index contributed by atoms with van der Waals surface area (Å²) in [5, 5.41) is 0. The molecule has 124 valence electrons. The normalized spacial score (nSPS) is 28.5. The number of piperidine rings is 2. The van der Waals surface area contributed by atoms with Gasteiger partial charge in [-0.1, -0.05) is 0 Å². The second-order valence-electron chi connectivity index (χ2n) is 7.23. The van der Waals surface area contributed by atoms with E-state index < -0.39 is 0 Å². The van der Waals surface area contributed by atoms with E-state index in [1.807, 2.05) is 12.0 Å². The van der Waals surface area contributed by atoms with Crippen LogP contribution in [-0.4, -0.2) is 61.0 Å². The van der Waals surface area contributed by atoms with Crippen molar-refractivity contribution in [3.63, 3.8) is 0 Å². The second-order valence-corrected chi connectivity index (χ2v) is 7.23. The SMILES string of the molecule is COC1CCC12CCN(C(=O)C1CCN(C(C)=O)CC1)CC2. The maximum atomic E-state index is 12.7. The third-order valence-electron chi connectivity index (χ3n) is 6.23. The van der Waals surface area contributed by atoms with E-state index in [9.17, 15) is 9.59 Å². The fourth-order valence-corrected chi connectivity index (χ4v) is 4.48. The highest BCUT2D eigenvalue weighted by Crippen LogP contribution is 2.50. The van der Waals surface area contributed by atoms with Gasteiger partial charge in [-0.05, 0) is 38.5 Å². The Labute approximate surface area is 133 Å². The summed E-state index contributed by atoms with van der Waals surface area (Å²) in [4.78, 5) is 28.0. The van der Waals surface area contributed by atoms with Crippen molar-refractivity contribution in [1.82, 2.24) is 9.80 Å². The summed E-state index contributed by atoms with van der Waals surface area (Å²) in [5.41, 5.74) is 0.351. The van der Waals surface area contributed by atoms with Crippen molar-refractivity contribution in [2.24, 2.45) is 11.3 Å². The highest BCUT2D eigenvalue weighted by molar-refractivity contribution is 5.80. The standard InChI is InChI=1S/C17H28N2O3/c1-13(20)18-9-4-14(5-10-18)16(21)19-11-7-17(8-12-19)6-3-15(17)22-2/h14-15H,3-12H2,1-2H3. The molecule has 0 aromatic carbocycles. The molecule has 0 aromatic heterocycles. The molecule has 3 aliphatic rings. The largest absolute Gasteiger partial charge is 0.381 e. The Balaban J connectivity index is 1.49. The summed E-state index contributed by atoms with van der Waals surface area (Å²) in [5.74, 6) is 0.553. The van der Waals surface area contributed by atoms with Crippen LogP contribution in [0.4, 0.5) is 0 Å². The van der Waals surface area contributed by atoms with Crippen molar-refractivity contribution in [2.45, 2.75) is 51.6 Å². The highest BCUT2D eigenvalue weighted by Gasteiger charge is 2.49. The number of hydrogen-bond acceptors (Lipinski definition) is 3. The number of carbonyl (C=O) groups excluding carboxylic acids is 2. The molecule has 3 rings (SSSR count). The Hall–Kier alpha value is -1.10. The van der Waals surface area contributed by atoms with Crippen LogP contribution in [0.15, 0.2) is 0 Å². The summed E-state index contributed by atoms with van der Waals surface area (Å²) < 4.78 is 5.58. The molecule has 0 bridgehead atoms. The van der Waals surface area contributed by atoms with Crippen LogP contribution in [0.5, 0.6) is 0 Å². The van der Waals surface area contributed by atoms with Gasteiger partial charge in [0.15, 0.2) is 0 Å².